The second kappa shape index (κ2) is 7.65. The molecule has 0 saturated heterocycles. The maximum absolute atomic E-state index is 14.0. The zero-order valence-corrected chi connectivity index (χ0v) is 15.3. The van der Waals surface area contributed by atoms with Gasteiger partial charge in [-0.1, -0.05) is 6.92 Å². The number of halogens is 1. The van der Waals surface area contributed by atoms with Gasteiger partial charge in [0.05, 0.1) is 19.8 Å². The molecule has 1 amide bonds. The van der Waals surface area contributed by atoms with Crippen molar-refractivity contribution in [3.8, 4) is 17.2 Å². The SMILES string of the molecule is COc1cc(NC(=O)COc2ccc(F)c3c2C(=O)C[C@@H]3C)cc(OC)c1. The lowest BCUT2D eigenvalue weighted by Gasteiger charge is -2.13. The molecule has 0 spiro atoms. The van der Waals surface area contributed by atoms with Gasteiger partial charge >= 0.3 is 0 Å². The van der Waals surface area contributed by atoms with Crippen molar-refractivity contribution < 1.29 is 28.2 Å². The Morgan fingerprint density at radius 1 is 1.19 bits per heavy atom. The highest BCUT2D eigenvalue weighted by Crippen LogP contribution is 2.39. The highest BCUT2D eigenvalue weighted by molar-refractivity contribution is 6.04. The predicted molar refractivity (Wildman–Crippen MR) is 97.4 cm³/mol. The van der Waals surface area contributed by atoms with Crippen LogP contribution in [0.15, 0.2) is 30.3 Å². The van der Waals surface area contributed by atoms with Crippen molar-refractivity contribution in [1.29, 1.82) is 0 Å². The fraction of sp³-hybridized carbons (Fsp3) is 0.300. The Hall–Kier alpha value is -3.09. The number of amides is 1. The molecular formula is C20H20FNO5. The van der Waals surface area contributed by atoms with Crippen LogP contribution >= 0.6 is 0 Å². The molecule has 1 atom stereocenters. The standard InChI is InChI=1S/C20H20FNO5/c1-11-6-16(23)20-17(5-4-15(21)19(11)20)27-10-18(24)22-12-7-13(25-2)9-14(8-12)26-3/h4-5,7-9,11H,6,10H2,1-3H3,(H,22,24)/t11-/m0/s1. The number of carbonyl (C=O) groups is 2. The summed E-state index contributed by atoms with van der Waals surface area (Å²) in [5.41, 5.74) is 1.07. The molecule has 7 heteroatoms. The summed E-state index contributed by atoms with van der Waals surface area (Å²) in [6.45, 7) is 1.47. The Morgan fingerprint density at radius 2 is 1.85 bits per heavy atom. The minimum Gasteiger partial charge on any atom is -0.497 e. The van der Waals surface area contributed by atoms with Crippen LogP contribution in [0, 0.1) is 5.82 Å². The first-order valence-corrected chi connectivity index (χ1v) is 8.44. The van der Waals surface area contributed by atoms with Crippen molar-refractivity contribution in [1.82, 2.24) is 0 Å². The van der Waals surface area contributed by atoms with Crippen LogP contribution in [0.4, 0.5) is 10.1 Å². The summed E-state index contributed by atoms with van der Waals surface area (Å²) >= 11 is 0. The van der Waals surface area contributed by atoms with Crippen molar-refractivity contribution in [2.75, 3.05) is 26.1 Å². The third-order valence-corrected chi connectivity index (χ3v) is 4.41. The van der Waals surface area contributed by atoms with Crippen LogP contribution in [-0.2, 0) is 4.79 Å². The van der Waals surface area contributed by atoms with Gasteiger partial charge in [0.25, 0.3) is 5.91 Å². The van der Waals surface area contributed by atoms with Gasteiger partial charge in [0.2, 0.25) is 0 Å². The fourth-order valence-electron chi connectivity index (χ4n) is 3.17. The van der Waals surface area contributed by atoms with Crippen LogP contribution in [0.3, 0.4) is 0 Å². The zero-order chi connectivity index (χ0) is 19.6. The van der Waals surface area contributed by atoms with Crippen molar-refractivity contribution in [2.24, 2.45) is 0 Å². The molecule has 3 rings (SSSR count). The van der Waals surface area contributed by atoms with Crippen LogP contribution in [0.2, 0.25) is 0 Å². The molecule has 0 bridgehead atoms. The Balaban J connectivity index is 1.72. The first kappa shape index (κ1) is 18.7. The van der Waals surface area contributed by atoms with Crippen LogP contribution in [0.5, 0.6) is 17.2 Å². The molecule has 0 heterocycles. The molecule has 1 aliphatic carbocycles. The van der Waals surface area contributed by atoms with Gasteiger partial charge in [-0.05, 0) is 18.1 Å². The van der Waals surface area contributed by atoms with E-state index >= 15 is 0 Å². The highest BCUT2D eigenvalue weighted by Gasteiger charge is 2.32. The van der Waals surface area contributed by atoms with Gasteiger partial charge in [-0.2, -0.15) is 0 Å². The fourth-order valence-corrected chi connectivity index (χ4v) is 3.17. The molecule has 0 aliphatic heterocycles. The predicted octanol–water partition coefficient (Wildman–Crippen LogP) is 3.55. The van der Waals surface area contributed by atoms with E-state index in [0.29, 0.717) is 22.7 Å². The molecule has 6 nitrogen and oxygen atoms in total. The molecule has 2 aromatic carbocycles. The van der Waals surface area contributed by atoms with Crippen LogP contribution in [-0.4, -0.2) is 32.5 Å². The number of benzene rings is 2. The molecular weight excluding hydrogens is 353 g/mol. The minimum absolute atomic E-state index is 0.176. The number of fused-ring (bicyclic) bond motifs is 1. The average Bonchev–Trinajstić information content (AvgIpc) is 2.96. The van der Waals surface area contributed by atoms with Gasteiger partial charge in [-0.15, -0.1) is 0 Å². The molecule has 2 aromatic rings. The number of rotatable bonds is 6. The first-order chi connectivity index (χ1) is 12.9. The van der Waals surface area contributed by atoms with Crippen LogP contribution < -0.4 is 19.5 Å². The summed E-state index contributed by atoms with van der Waals surface area (Å²) in [6.07, 6.45) is 0.239. The van der Waals surface area contributed by atoms with E-state index in [-0.39, 0.29) is 36.0 Å². The molecule has 1 aliphatic rings. The summed E-state index contributed by atoms with van der Waals surface area (Å²) in [5.74, 6) is 0.0479. The lowest BCUT2D eigenvalue weighted by atomic mass is 10.0. The summed E-state index contributed by atoms with van der Waals surface area (Å²) in [7, 11) is 3.02. The normalized spacial score (nSPS) is 15.3. The Morgan fingerprint density at radius 3 is 2.48 bits per heavy atom. The quantitative estimate of drug-likeness (QED) is 0.838. The molecule has 0 radical (unpaired) electrons. The molecule has 0 fully saturated rings. The molecule has 27 heavy (non-hydrogen) atoms. The summed E-state index contributed by atoms with van der Waals surface area (Å²) in [5, 5.41) is 2.68. The van der Waals surface area contributed by atoms with E-state index in [4.69, 9.17) is 14.2 Å². The van der Waals surface area contributed by atoms with Gasteiger partial charge in [-0.3, -0.25) is 9.59 Å². The maximum Gasteiger partial charge on any atom is 0.262 e. The molecule has 1 N–H and O–H groups in total. The third kappa shape index (κ3) is 3.86. The molecule has 0 aromatic heterocycles. The second-order valence-corrected chi connectivity index (χ2v) is 6.30. The summed E-state index contributed by atoms with van der Waals surface area (Å²) in [6, 6.07) is 7.60. The number of methoxy groups -OCH3 is 2. The van der Waals surface area contributed by atoms with Gasteiger partial charge in [0.1, 0.15) is 23.1 Å². The van der Waals surface area contributed by atoms with Gasteiger partial charge in [0, 0.05) is 35.9 Å². The van der Waals surface area contributed by atoms with Crippen LogP contribution in [0.25, 0.3) is 0 Å². The number of nitrogens with one attached hydrogen (secondary N) is 1. The van der Waals surface area contributed by atoms with E-state index < -0.39 is 11.7 Å². The molecule has 0 saturated carbocycles. The van der Waals surface area contributed by atoms with E-state index in [9.17, 15) is 14.0 Å². The van der Waals surface area contributed by atoms with Crippen molar-refractivity contribution in [2.45, 2.75) is 19.3 Å². The topological polar surface area (TPSA) is 73.9 Å². The Bertz CT molecular complexity index is 874. The lowest BCUT2D eigenvalue weighted by molar-refractivity contribution is -0.118. The largest absolute Gasteiger partial charge is 0.497 e. The number of ether oxygens (including phenoxy) is 3. The minimum atomic E-state index is -0.429. The maximum atomic E-state index is 14.0. The lowest BCUT2D eigenvalue weighted by Crippen LogP contribution is -2.21. The van der Waals surface area contributed by atoms with Crippen molar-refractivity contribution in [3.05, 3.63) is 47.3 Å². The smallest absolute Gasteiger partial charge is 0.262 e. The van der Waals surface area contributed by atoms with Crippen molar-refractivity contribution in [3.63, 3.8) is 0 Å². The number of hydrogen-bond donors (Lipinski definition) is 1. The van der Waals surface area contributed by atoms with E-state index in [1.54, 1.807) is 25.1 Å². The van der Waals surface area contributed by atoms with Gasteiger partial charge in [-0.25, -0.2) is 4.39 Å². The number of Topliss-reactive ketones (excluding diaryl/α,β-unsaturated/α-hetero) is 1. The summed E-state index contributed by atoms with van der Waals surface area (Å²) < 4.78 is 29.8. The number of hydrogen-bond acceptors (Lipinski definition) is 5. The first-order valence-electron chi connectivity index (χ1n) is 8.44. The van der Waals surface area contributed by atoms with E-state index in [0.717, 1.165) is 0 Å². The van der Waals surface area contributed by atoms with Crippen molar-refractivity contribution >= 4 is 17.4 Å². The number of ketones is 1. The highest BCUT2D eigenvalue weighted by atomic mass is 19.1. The average molecular weight is 373 g/mol. The van der Waals surface area contributed by atoms with E-state index in [2.05, 4.69) is 5.32 Å². The van der Waals surface area contributed by atoms with Gasteiger partial charge in [0.15, 0.2) is 12.4 Å². The number of carbonyl (C=O) groups excluding carboxylic acids is 2. The van der Waals surface area contributed by atoms with Gasteiger partial charge < -0.3 is 19.5 Å². The monoisotopic (exact) mass is 373 g/mol. The molecule has 0 unspecified atom stereocenters. The Kier molecular flexibility index (Phi) is 5.30. The van der Waals surface area contributed by atoms with E-state index in [1.807, 2.05) is 0 Å². The number of anilines is 1. The van der Waals surface area contributed by atoms with E-state index in [1.165, 1.54) is 26.4 Å². The Labute approximate surface area is 156 Å². The summed E-state index contributed by atoms with van der Waals surface area (Å²) in [4.78, 5) is 24.4. The third-order valence-electron chi connectivity index (χ3n) is 4.41. The van der Waals surface area contributed by atoms with Crippen LogP contribution in [0.1, 0.15) is 35.2 Å². The molecule has 142 valence electrons. The zero-order valence-electron chi connectivity index (χ0n) is 15.3. The second-order valence-electron chi connectivity index (χ2n) is 6.30.